The average Bonchev–Trinajstić information content (AvgIpc) is 2.90. The fourth-order valence-electron chi connectivity index (χ4n) is 2.34. The van der Waals surface area contributed by atoms with Gasteiger partial charge < -0.3 is 15.4 Å². The van der Waals surface area contributed by atoms with Crippen LogP contribution >= 0.6 is 0 Å². The molecule has 21 heavy (non-hydrogen) atoms. The fourth-order valence-corrected chi connectivity index (χ4v) is 2.34. The highest BCUT2D eigenvalue weighted by atomic mass is 16.5. The van der Waals surface area contributed by atoms with Gasteiger partial charge in [0.2, 0.25) is 0 Å². The van der Waals surface area contributed by atoms with Gasteiger partial charge >= 0.3 is 0 Å². The van der Waals surface area contributed by atoms with E-state index < -0.39 is 6.10 Å². The van der Waals surface area contributed by atoms with Gasteiger partial charge in [-0.2, -0.15) is 5.10 Å². The molecule has 2 aromatic rings. The Balaban J connectivity index is 1.75. The topological polar surface area (TPSA) is 79.0 Å². The van der Waals surface area contributed by atoms with Gasteiger partial charge in [-0.05, 0) is 12.5 Å². The van der Waals surface area contributed by atoms with Crippen LogP contribution < -0.4 is 10.6 Å². The Bertz CT molecular complexity index is 618. The third-order valence-corrected chi connectivity index (χ3v) is 3.53. The zero-order valence-corrected chi connectivity index (χ0v) is 11.8. The number of hydrogen-bond acceptors (Lipinski definition) is 4. The van der Waals surface area contributed by atoms with Crippen molar-refractivity contribution in [3.8, 4) is 11.3 Å². The van der Waals surface area contributed by atoms with E-state index in [2.05, 4.69) is 20.8 Å². The van der Waals surface area contributed by atoms with Crippen LogP contribution in [0.15, 0.2) is 30.3 Å². The number of anilines is 1. The Morgan fingerprint density at radius 3 is 2.90 bits per heavy atom. The number of ether oxygens (including phenoxy) is 1. The van der Waals surface area contributed by atoms with Crippen molar-refractivity contribution in [1.82, 2.24) is 15.5 Å². The second-order valence-electron chi connectivity index (χ2n) is 4.99. The van der Waals surface area contributed by atoms with E-state index in [0.29, 0.717) is 19.0 Å². The van der Waals surface area contributed by atoms with Crippen molar-refractivity contribution in [1.29, 1.82) is 0 Å². The molecule has 1 fully saturated rings. The van der Waals surface area contributed by atoms with Crippen LogP contribution in [0.2, 0.25) is 0 Å². The Hall–Kier alpha value is -2.18. The summed E-state index contributed by atoms with van der Waals surface area (Å²) in [6.07, 6.45) is -0.463. The predicted octanol–water partition coefficient (Wildman–Crippen LogP) is 1.31. The first-order chi connectivity index (χ1) is 10.3. The number of hydrogen-bond donors (Lipinski definition) is 3. The number of nitrogens with one attached hydrogen (secondary N) is 3. The molecule has 3 N–H and O–H groups in total. The normalized spacial score (nSPS) is 18.4. The van der Waals surface area contributed by atoms with E-state index in [-0.39, 0.29) is 5.91 Å². The summed E-state index contributed by atoms with van der Waals surface area (Å²) in [6, 6.07) is 9.90. The lowest BCUT2D eigenvalue weighted by Crippen LogP contribution is -2.45. The van der Waals surface area contributed by atoms with Crippen LogP contribution in [0, 0.1) is 6.92 Å². The predicted molar refractivity (Wildman–Crippen MR) is 80.0 cm³/mol. The van der Waals surface area contributed by atoms with Gasteiger partial charge in [0.15, 0.2) is 5.82 Å². The summed E-state index contributed by atoms with van der Waals surface area (Å²) in [4.78, 5) is 12.1. The average molecular weight is 286 g/mol. The number of benzene rings is 1. The van der Waals surface area contributed by atoms with Crippen molar-refractivity contribution >= 4 is 11.7 Å². The molecular weight excluding hydrogens is 268 g/mol. The number of aromatic nitrogens is 2. The molecule has 6 nitrogen and oxygen atoms in total. The molecule has 1 amide bonds. The Labute approximate surface area is 122 Å². The number of amides is 1. The maximum Gasteiger partial charge on any atom is 0.256 e. The minimum atomic E-state index is -0.463. The van der Waals surface area contributed by atoms with E-state index in [1.807, 2.05) is 37.3 Å². The lowest BCUT2D eigenvalue weighted by Gasteiger charge is -2.22. The minimum absolute atomic E-state index is 0.170. The van der Waals surface area contributed by atoms with Crippen LogP contribution in [0.3, 0.4) is 0 Å². The smallest absolute Gasteiger partial charge is 0.256 e. The zero-order chi connectivity index (χ0) is 14.7. The first kappa shape index (κ1) is 13.8. The number of nitrogens with zero attached hydrogens (tertiary/aromatic N) is 1. The summed E-state index contributed by atoms with van der Waals surface area (Å²) >= 11 is 0. The van der Waals surface area contributed by atoms with Crippen molar-refractivity contribution in [2.75, 3.05) is 25.0 Å². The third-order valence-electron chi connectivity index (χ3n) is 3.53. The summed E-state index contributed by atoms with van der Waals surface area (Å²) in [7, 11) is 0. The Morgan fingerprint density at radius 1 is 1.38 bits per heavy atom. The van der Waals surface area contributed by atoms with Crippen molar-refractivity contribution in [2.24, 2.45) is 0 Å². The number of rotatable bonds is 3. The largest absolute Gasteiger partial charge is 0.366 e. The molecule has 1 saturated heterocycles. The summed E-state index contributed by atoms with van der Waals surface area (Å²) in [5.41, 5.74) is 2.87. The lowest BCUT2D eigenvalue weighted by atomic mass is 10.1. The van der Waals surface area contributed by atoms with Gasteiger partial charge in [-0.3, -0.25) is 9.89 Å². The molecule has 1 aliphatic heterocycles. The van der Waals surface area contributed by atoms with Crippen molar-refractivity contribution in [3.05, 3.63) is 35.9 Å². The molecule has 0 bridgehead atoms. The quantitative estimate of drug-likeness (QED) is 0.795. The van der Waals surface area contributed by atoms with Crippen molar-refractivity contribution < 1.29 is 9.53 Å². The molecule has 6 heteroatoms. The highest BCUT2D eigenvalue weighted by Gasteiger charge is 2.23. The summed E-state index contributed by atoms with van der Waals surface area (Å²) in [6.45, 7) is 3.79. The van der Waals surface area contributed by atoms with Gasteiger partial charge in [-0.25, -0.2) is 0 Å². The first-order valence-electron chi connectivity index (χ1n) is 6.99. The Morgan fingerprint density at radius 2 is 2.19 bits per heavy atom. The summed E-state index contributed by atoms with van der Waals surface area (Å²) in [5, 5.41) is 13.1. The maximum atomic E-state index is 12.1. The van der Waals surface area contributed by atoms with E-state index in [4.69, 9.17) is 4.74 Å². The molecule has 1 aliphatic rings. The van der Waals surface area contributed by atoms with Gasteiger partial charge in [0, 0.05) is 18.7 Å². The first-order valence-corrected chi connectivity index (χ1v) is 6.99. The molecule has 110 valence electrons. The van der Waals surface area contributed by atoms with Crippen LogP contribution in [0.25, 0.3) is 11.3 Å². The van der Waals surface area contributed by atoms with Crippen molar-refractivity contribution in [3.63, 3.8) is 0 Å². The zero-order valence-electron chi connectivity index (χ0n) is 11.8. The summed E-state index contributed by atoms with van der Waals surface area (Å²) < 4.78 is 5.43. The Kier molecular flexibility index (Phi) is 3.98. The van der Waals surface area contributed by atoms with E-state index in [9.17, 15) is 4.79 Å². The molecule has 1 atom stereocenters. The molecular formula is C15H18N4O2. The lowest BCUT2D eigenvalue weighted by molar-refractivity contribution is -0.128. The van der Waals surface area contributed by atoms with Crippen molar-refractivity contribution in [2.45, 2.75) is 13.0 Å². The van der Waals surface area contributed by atoms with Crippen LogP contribution in [-0.4, -0.2) is 41.9 Å². The molecule has 0 aliphatic carbocycles. The molecule has 1 aromatic heterocycles. The summed E-state index contributed by atoms with van der Waals surface area (Å²) in [5.74, 6) is 0.379. The van der Waals surface area contributed by atoms with Crippen LogP contribution in [0.5, 0.6) is 0 Å². The van der Waals surface area contributed by atoms with Gasteiger partial charge in [0.05, 0.1) is 12.3 Å². The van der Waals surface area contributed by atoms with Gasteiger partial charge in [-0.15, -0.1) is 0 Å². The highest BCUT2D eigenvalue weighted by molar-refractivity contribution is 5.95. The molecule has 0 radical (unpaired) electrons. The highest BCUT2D eigenvalue weighted by Crippen LogP contribution is 2.25. The number of aromatic amines is 1. The van der Waals surface area contributed by atoms with Gasteiger partial charge in [0.25, 0.3) is 5.91 Å². The van der Waals surface area contributed by atoms with Crippen LogP contribution in [-0.2, 0) is 9.53 Å². The second-order valence-corrected chi connectivity index (χ2v) is 4.99. The molecule has 1 unspecified atom stereocenters. The number of H-pyrrole nitrogens is 1. The van der Waals surface area contributed by atoms with E-state index >= 15 is 0 Å². The molecule has 0 spiro atoms. The third kappa shape index (κ3) is 2.96. The van der Waals surface area contributed by atoms with E-state index in [1.165, 1.54) is 0 Å². The van der Waals surface area contributed by atoms with Crippen LogP contribution in [0.1, 0.15) is 5.56 Å². The minimum Gasteiger partial charge on any atom is -0.366 e. The van der Waals surface area contributed by atoms with Gasteiger partial charge in [-0.1, -0.05) is 30.3 Å². The van der Waals surface area contributed by atoms with Gasteiger partial charge in [0.1, 0.15) is 6.10 Å². The standard InChI is InChI=1S/C15H18N4O2/c1-10-13(11-5-3-2-4-6-11)18-19-14(10)17-15(20)12-9-16-7-8-21-12/h2-6,12,16H,7-9H2,1H3,(H2,17,18,19,20). The molecule has 3 rings (SSSR count). The second kappa shape index (κ2) is 6.07. The number of carbonyl (C=O) groups excluding carboxylic acids is 1. The van der Waals surface area contributed by atoms with E-state index in [1.54, 1.807) is 0 Å². The molecule has 0 saturated carbocycles. The SMILES string of the molecule is Cc1c(NC(=O)C2CNCCO2)n[nH]c1-c1ccccc1. The van der Waals surface area contributed by atoms with Crippen LogP contribution in [0.4, 0.5) is 5.82 Å². The maximum absolute atomic E-state index is 12.1. The number of carbonyl (C=O) groups is 1. The van der Waals surface area contributed by atoms with E-state index in [0.717, 1.165) is 23.4 Å². The monoisotopic (exact) mass is 286 g/mol. The molecule has 1 aromatic carbocycles. The number of morpholine rings is 1. The molecule has 2 heterocycles. The fraction of sp³-hybridized carbons (Fsp3) is 0.333.